The van der Waals surface area contributed by atoms with Crippen molar-refractivity contribution in [3.63, 3.8) is 0 Å². The van der Waals surface area contributed by atoms with Gasteiger partial charge in [-0.1, -0.05) is 23.7 Å². The van der Waals surface area contributed by atoms with Crippen LogP contribution >= 0.6 is 11.6 Å². The molecule has 0 aliphatic rings. The quantitative estimate of drug-likeness (QED) is 0.323. The number of nitrogens with zero attached hydrogens (tertiary/aromatic N) is 1. The zero-order valence-corrected chi connectivity index (χ0v) is 13.9. The summed E-state index contributed by atoms with van der Waals surface area (Å²) in [7, 11) is 1.40. The first-order chi connectivity index (χ1) is 12.0. The fourth-order valence-electron chi connectivity index (χ4n) is 1.87. The van der Waals surface area contributed by atoms with Gasteiger partial charge in [0.1, 0.15) is 5.75 Å². The molecule has 0 unspecified atom stereocenters. The molecular weight excluding hydrogens is 350 g/mol. The van der Waals surface area contributed by atoms with E-state index in [1.165, 1.54) is 25.3 Å². The maximum Gasteiger partial charge on any atom is 0.349 e. The van der Waals surface area contributed by atoms with Crippen molar-refractivity contribution in [3.05, 3.63) is 69.4 Å². The van der Waals surface area contributed by atoms with Crippen molar-refractivity contribution in [1.29, 1.82) is 0 Å². The van der Waals surface area contributed by atoms with Gasteiger partial charge in [0.05, 0.1) is 12.0 Å². The number of halogens is 1. The first-order valence-electron chi connectivity index (χ1n) is 7.06. The number of esters is 1. The third kappa shape index (κ3) is 5.82. The van der Waals surface area contributed by atoms with Crippen LogP contribution in [0.15, 0.2) is 48.7 Å². The maximum atomic E-state index is 11.9. The second kappa shape index (κ2) is 8.70. The predicted molar refractivity (Wildman–Crippen MR) is 91.6 cm³/mol. The third-order valence-corrected chi connectivity index (χ3v) is 3.19. The van der Waals surface area contributed by atoms with Gasteiger partial charge in [0, 0.05) is 11.1 Å². The van der Waals surface area contributed by atoms with Gasteiger partial charge in [0.2, 0.25) is 6.20 Å². The van der Waals surface area contributed by atoms with E-state index in [9.17, 15) is 14.9 Å². The Morgan fingerprint density at radius 2 is 2.04 bits per heavy atom. The second-order valence-electron chi connectivity index (χ2n) is 4.73. The molecule has 0 saturated carbocycles. The van der Waals surface area contributed by atoms with E-state index in [0.29, 0.717) is 16.3 Å². The number of methoxy groups -OCH3 is 1. The molecule has 0 aliphatic heterocycles. The van der Waals surface area contributed by atoms with Gasteiger partial charge < -0.3 is 14.2 Å². The van der Waals surface area contributed by atoms with Crippen LogP contribution in [0.2, 0.25) is 5.02 Å². The zero-order chi connectivity index (χ0) is 18.2. The molecule has 0 fully saturated rings. The average molecular weight is 364 g/mol. The summed E-state index contributed by atoms with van der Waals surface area (Å²) >= 11 is 5.83. The fourth-order valence-corrected chi connectivity index (χ4v) is 2.05. The summed E-state index contributed by atoms with van der Waals surface area (Å²) in [5, 5.41) is 10.8. The molecule has 0 aliphatic carbocycles. The third-order valence-electron chi connectivity index (χ3n) is 2.95. The van der Waals surface area contributed by atoms with Crippen molar-refractivity contribution >= 4 is 23.6 Å². The van der Waals surface area contributed by atoms with Gasteiger partial charge in [-0.05, 0) is 35.9 Å². The Bertz CT molecular complexity index is 805. The van der Waals surface area contributed by atoms with E-state index in [0.717, 1.165) is 6.20 Å². The van der Waals surface area contributed by atoms with Crippen molar-refractivity contribution in [2.75, 3.05) is 13.7 Å². The number of nitro groups is 1. The Hall–Kier alpha value is -3.06. The van der Waals surface area contributed by atoms with Crippen LogP contribution in [-0.2, 0) is 4.79 Å². The molecule has 0 heterocycles. The molecule has 0 atom stereocenters. The summed E-state index contributed by atoms with van der Waals surface area (Å²) in [6.45, 7) is -0.313. The van der Waals surface area contributed by atoms with Crippen LogP contribution in [0.4, 0.5) is 0 Å². The molecule has 25 heavy (non-hydrogen) atoms. The first-order valence-corrected chi connectivity index (χ1v) is 7.44. The second-order valence-corrected chi connectivity index (χ2v) is 5.17. The Labute approximate surface area is 148 Å². The summed E-state index contributed by atoms with van der Waals surface area (Å²) in [6, 6.07) is 11.2. The lowest BCUT2D eigenvalue weighted by molar-refractivity contribution is -0.400. The molecule has 0 aromatic heterocycles. The molecule has 0 bridgehead atoms. The summed E-state index contributed by atoms with van der Waals surface area (Å²) in [4.78, 5) is 21.7. The highest BCUT2D eigenvalue weighted by molar-refractivity contribution is 6.30. The minimum absolute atomic E-state index is 0.181. The van der Waals surface area contributed by atoms with Crippen LogP contribution in [0, 0.1) is 10.1 Å². The van der Waals surface area contributed by atoms with Gasteiger partial charge in [0.25, 0.3) is 0 Å². The highest BCUT2D eigenvalue weighted by atomic mass is 35.5. The van der Waals surface area contributed by atoms with Crippen molar-refractivity contribution in [2.45, 2.75) is 0 Å². The minimum atomic E-state index is -0.633. The van der Waals surface area contributed by atoms with E-state index in [2.05, 4.69) is 0 Å². The molecule has 0 spiro atoms. The highest BCUT2D eigenvalue weighted by Gasteiger charge is 2.11. The monoisotopic (exact) mass is 363 g/mol. The van der Waals surface area contributed by atoms with Gasteiger partial charge in [-0.3, -0.25) is 10.1 Å². The summed E-state index contributed by atoms with van der Waals surface area (Å²) < 4.78 is 15.6. The molecular formula is C17H14ClNO6. The Morgan fingerprint density at radius 3 is 2.72 bits per heavy atom. The number of carbonyl (C=O) groups excluding carboxylic acids is 1. The van der Waals surface area contributed by atoms with Crippen molar-refractivity contribution in [2.24, 2.45) is 0 Å². The number of ether oxygens (including phenoxy) is 3. The van der Waals surface area contributed by atoms with E-state index in [1.54, 1.807) is 30.3 Å². The lowest BCUT2D eigenvalue weighted by atomic mass is 10.2. The molecule has 2 rings (SSSR count). The van der Waals surface area contributed by atoms with Gasteiger partial charge in [-0.2, -0.15) is 0 Å². The molecule has 8 heteroatoms. The van der Waals surface area contributed by atoms with E-state index in [-0.39, 0.29) is 18.1 Å². The highest BCUT2D eigenvalue weighted by Crippen LogP contribution is 2.28. The number of carbonyl (C=O) groups is 1. The van der Waals surface area contributed by atoms with Crippen LogP contribution in [0.3, 0.4) is 0 Å². The standard InChI is InChI=1S/C17H14ClNO6/c1-23-16-9-12(7-8-19(21)22)5-6-15(16)25-17(20)11-24-14-4-2-3-13(18)10-14/h2-10H,11H2,1H3. The normalized spacial score (nSPS) is 10.5. The summed E-state index contributed by atoms with van der Waals surface area (Å²) in [6.07, 6.45) is 2.11. The molecule has 2 aromatic carbocycles. The van der Waals surface area contributed by atoms with E-state index >= 15 is 0 Å². The largest absolute Gasteiger partial charge is 0.493 e. The van der Waals surface area contributed by atoms with Crippen LogP contribution in [-0.4, -0.2) is 24.6 Å². The zero-order valence-electron chi connectivity index (χ0n) is 13.2. The van der Waals surface area contributed by atoms with Crippen LogP contribution in [0.25, 0.3) is 6.08 Å². The van der Waals surface area contributed by atoms with E-state index in [4.69, 9.17) is 25.8 Å². The van der Waals surface area contributed by atoms with Crippen molar-refractivity contribution in [1.82, 2.24) is 0 Å². The molecule has 0 saturated heterocycles. The van der Waals surface area contributed by atoms with Crippen molar-refractivity contribution < 1.29 is 23.9 Å². The number of rotatable bonds is 7. The van der Waals surface area contributed by atoms with Crippen LogP contribution < -0.4 is 14.2 Å². The van der Waals surface area contributed by atoms with Crippen molar-refractivity contribution in [3.8, 4) is 17.2 Å². The smallest absolute Gasteiger partial charge is 0.349 e. The van der Waals surface area contributed by atoms with Crippen LogP contribution in [0.1, 0.15) is 5.56 Å². The van der Waals surface area contributed by atoms with Crippen LogP contribution in [0.5, 0.6) is 17.2 Å². The molecule has 130 valence electrons. The maximum absolute atomic E-state index is 11.9. The van der Waals surface area contributed by atoms with Gasteiger partial charge in [-0.15, -0.1) is 0 Å². The average Bonchev–Trinajstić information content (AvgIpc) is 2.59. The molecule has 0 amide bonds. The molecule has 7 nitrogen and oxygen atoms in total. The Kier molecular flexibility index (Phi) is 6.36. The minimum Gasteiger partial charge on any atom is -0.493 e. The fraction of sp³-hybridized carbons (Fsp3) is 0.118. The van der Waals surface area contributed by atoms with E-state index in [1.807, 2.05) is 0 Å². The lowest BCUT2D eigenvalue weighted by Crippen LogP contribution is -2.18. The lowest BCUT2D eigenvalue weighted by Gasteiger charge is -2.10. The number of benzene rings is 2. The SMILES string of the molecule is COc1cc(C=C[N+](=O)[O-])ccc1OC(=O)COc1cccc(Cl)c1. The summed E-state index contributed by atoms with van der Waals surface area (Å²) in [5.41, 5.74) is 0.531. The van der Waals surface area contributed by atoms with Gasteiger partial charge in [-0.25, -0.2) is 4.79 Å². The predicted octanol–water partition coefficient (Wildman–Crippen LogP) is 3.58. The summed E-state index contributed by atoms with van der Waals surface area (Å²) in [5.74, 6) is 0.255. The van der Waals surface area contributed by atoms with Gasteiger partial charge in [0.15, 0.2) is 18.1 Å². The molecule has 0 radical (unpaired) electrons. The molecule has 0 N–H and O–H groups in total. The topological polar surface area (TPSA) is 87.9 Å². The number of hydrogen-bond donors (Lipinski definition) is 0. The Morgan fingerprint density at radius 1 is 1.24 bits per heavy atom. The van der Waals surface area contributed by atoms with E-state index < -0.39 is 10.9 Å². The first kappa shape index (κ1) is 18.3. The number of hydrogen-bond acceptors (Lipinski definition) is 6. The van der Waals surface area contributed by atoms with Gasteiger partial charge >= 0.3 is 5.97 Å². The Balaban J connectivity index is 2.01. The molecule has 2 aromatic rings.